The third-order valence-electron chi connectivity index (χ3n) is 1.18. The Labute approximate surface area is 80.2 Å². The normalized spacial score (nSPS) is 19.5. The van der Waals surface area contributed by atoms with E-state index in [-0.39, 0.29) is 9.45 Å². The Morgan fingerprint density at radius 2 is 2.00 bits per heavy atom. The van der Waals surface area contributed by atoms with Crippen molar-refractivity contribution in [3.8, 4) is 0 Å². The molecule has 0 aromatic rings. The van der Waals surface area contributed by atoms with E-state index in [9.17, 15) is 0 Å². The second kappa shape index (κ2) is 5.94. The second-order valence-corrected chi connectivity index (χ2v) is 10.3. The molecule has 5 heteroatoms. The summed E-state index contributed by atoms with van der Waals surface area (Å²) >= 11 is 10.1. The molecule has 0 aromatic carbocycles. The molecule has 0 aliphatic carbocycles. The lowest BCUT2D eigenvalue weighted by Gasteiger charge is -2.12. The highest BCUT2D eigenvalue weighted by Gasteiger charge is 2.07. The molecule has 0 rings (SSSR count). The Bertz CT molecular complexity index is 178. The fourth-order valence-corrected chi connectivity index (χ4v) is 8.56. The summed E-state index contributed by atoms with van der Waals surface area (Å²) in [6.07, 6.45) is 5.49. The molecule has 0 saturated carbocycles. The van der Waals surface area contributed by atoms with Crippen molar-refractivity contribution in [2.75, 3.05) is 12.5 Å². The summed E-state index contributed by atoms with van der Waals surface area (Å²) in [5.74, 6) is 0. The van der Waals surface area contributed by atoms with E-state index in [0.29, 0.717) is 14.0 Å². The summed E-state index contributed by atoms with van der Waals surface area (Å²) in [4.78, 5) is 0. The highest BCUT2D eigenvalue weighted by atomic mass is 33.1. The van der Waals surface area contributed by atoms with Crippen LogP contribution in [0.3, 0.4) is 0 Å². The maximum Gasteiger partial charge on any atom is 0.0586 e. The summed E-state index contributed by atoms with van der Waals surface area (Å²) in [6.45, 7) is 2.19. The van der Waals surface area contributed by atoms with Crippen molar-refractivity contribution in [3.05, 3.63) is 0 Å². The average molecular weight is 232 g/mol. The van der Waals surface area contributed by atoms with Crippen molar-refractivity contribution in [1.82, 2.24) is 0 Å². The first-order valence-electron chi connectivity index (χ1n) is 2.90. The third kappa shape index (κ3) is 3.67. The van der Waals surface area contributed by atoms with Gasteiger partial charge in [-0.25, -0.2) is 0 Å². The molecule has 3 atom stereocenters. The van der Waals surface area contributed by atoms with Crippen LogP contribution in [0.1, 0.15) is 13.3 Å². The van der Waals surface area contributed by atoms with Crippen LogP contribution in [0.15, 0.2) is 0 Å². The Hall–Kier alpha value is 1.36. The van der Waals surface area contributed by atoms with Crippen LogP contribution in [-0.4, -0.2) is 17.1 Å². The molecule has 0 amide bonds. The first-order valence-corrected chi connectivity index (χ1v) is 9.48. The summed E-state index contributed by atoms with van der Waals surface area (Å²) in [6, 6.07) is 0. The number of rotatable bonds is 3. The number of hydrogen-bond donors (Lipinski definition) is 0. The molecule has 0 aliphatic heterocycles. The lowest BCUT2D eigenvalue weighted by molar-refractivity contribution is 1.06. The predicted octanol–water partition coefficient (Wildman–Crippen LogP) is 1.14. The van der Waals surface area contributed by atoms with Crippen molar-refractivity contribution in [2.45, 2.75) is 17.9 Å². The van der Waals surface area contributed by atoms with Crippen LogP contribution in [0, 0.1) is 0 Å². The van der Waals surface area contributed by atoms with Gasteiger partial charge in [0.05, 0.1) is 4.58 Å². The number of hydrogen-bond acceptors (Lipinski definition) is 2. The molecule has 0 saturated heterocycles. The van der Waals surface area contributed by atoms with Crippen molar-refractivity contribution in [2.24, 2.45) is 0 Å². The molecule has 10 heavy (non-hydrogen) atoms. The Kier molecular flexibility index (Phi) is 6.75. The molecule has 0 radical (unpaired) electrons. The minimum atomic E-state index is 0.125. The van der Waals surface area contributed by atoms with Gasteiger partial charge in [0, 0.05) is 0 Å². The van der Waals surface area contributed by atoms with Crippen LogP contribution in [0.4, 0.5) is 0 Å². The smallest absolute Gasteiger partial charge is 0.0586 e. The van der Waals surface area contributed by atoms with E-state index in [0.717, 1.165) is 0 Å². The van der Waals surface area contributed by atoms with Gasteiger partial charge in [-0.1, -0.05) is 18.1 Å². The van der Waals surface area contributed by atoms with Crippen LogP contribution in [0.2, 0.25) is 0 Å². The summed E-state index contributed by atoms with van der Waals surface area (Å²) in [5.41, 5.74) is 0. The predicted molar refractivity (Wildman–Crippen MR) is 62.8 cm³/mol. The zero-order valence-electron chi connectivity index (χ0n) is 6.33. The zero-order chi connectivity index (χ0) is 8.15. The minimum Gasteiger partial charge on any atom is -0.111 e. The molecule has 62 valence electrons. The van der Waals surface area contributed by atoms with Gasteiger partial charge in [0.1, 0.15) is 0 Å². The van der Waals surface area contributed by atoms with Crippen LogP contribution in [0.25, 0.3) is 0 Å². The Balaban J connectivity index is 4.36. The van der Waals surface area contributed by atoms with Crippen molar-refractivity contribution < 1.29 is 0 Å². The Morgan fingerprint density at radius 3 is 2.10 bits per heavy atom. The lowest BCUT2D eigenvalue weighted by Crippen LogP contribution is -2.16. The molecule has 0 heterocycles. The molecule has 0 aliphatic rings. The van der Waals surface area contributed by atoms with Crippen LogP contribution in [0.5, 0.6) is 0 Å². The average Bonchev–Trinajstić information content (AvgIpc) is 1.88. The highest BCUT2D eigenvalue weighted by molar-refractivity contribution is 8.51. The maximum absolute atomic E-state index is 5.22. The largest absolute Gasteiger partial charge is 0.111 e. The van der Waals surface area contributed by atoms with Gasteiger partial charge in [-0.15, -0.1) is 18.9 Å². The molecule has 0 N–H and O–H groups in total. The molecule has 0 aromatic heterocycles. The fraction of sp³-hybridized carbons (Fsp3) is 1.00. The van der Waals surface area contributed by atoms with Crippen molar-refractivity contribution in [1.29, 1.82) is 0 Å². The van der Waals surface area contributed by atoms with E-state index in [4.69, 9.17) is 22.4 Å². The van der Waals surface area contributed by atoms with E-state index >= 15 is 0 Å². The molecular formula is C5H12S5. The van der Waals surface area contributed by atoms with Gasteiger partial charge in [0.2, 0.25) is 0 Å². The standard InChI is InChI=1S/C5H12S5/c1-4-5(9(2)7)10(3)8-6/h5H,4H2,1-3H3. The van der Waals surface area contributed by atoms with Crippen molar-refractivity contribution >= 4 is 50.2 Å². The molecule has 0 nitrogen and oxygen atoms in total. The van der Waals surface area contributed by atoms with Gasteiger partial charge < -0.3 is 0 Å². The van der Waals surface area contributed by atoms with Gasteiger partial charge in [-0.3, -0.25) is 0 Å². The molecule has 0 spiro atoms. The van der Waals surface area contributed by atoms with E-state index in [1.54, 1.807) is 0 Å². The molecule has 0 fully saturated rings. The minimum absolute atomic E-state index is 0.125. The van der Waals surface area contributed by atoms with Gasteiger partial charge in [0.25, 0.3) is 0 Å². The van der Waals surface area contributed by atoms with E-state index in [1.165, 1.54) is 15.3 Å². The monoisotopic (exact) mass is 232 g/mol. The summed E-state index contributed by atoms with van der Waals surface area (Å²) in [5, 5.41) is 0. The first-order chi connectivity index (χ1) is 4.63. The van der Waals surface area contributed by atoms with Gasteiger partial charge >= 0.3 is 0 Å². The lowest BCUT2D eigenvalue weighted by atomic mass is 10.6. The second-order valence-electron chi connectivity index (χ2n) is 1.90. The summed E-state index contributed by atoms with van der Waals surface area (Å²) < 4.78 is 0.664. The van der Waals surface area contributed by atoms with Gasteiger partial charge in [-0.2, -0.15) is 0 Å². The Morgan fingerprint density at radius 1 is 1.50 bits per heavy atom. The zero-order valence-corrected chi connectivity index (χ0v) is 10.4. The van der Waals surface area contributed by atoms with Gasteiger partial charge in [-0.05, 0) is 39.0 Å². The van der Waals surface area contributed by atoms with Crippen LogP contribution >= 0.6 is 0 Å². The molecule has 3 unspecified atom stereocenters. The van der Waals surface area contributed by atoms with E-state index in [2.05, 4.69) is 19.4 Å². The molecular weight excluding hydrogens is 220 g/mol. The maximum atomic E-state index is 5.22. The highest BCUT2D eigenvalue weighted by Crippen LogP contribution is 2.04. The topological polar surface area (TPSA) is 0 Å². The van der Waals surface area contributed by atoms with Crippen LogP contribution < -0.4 is 0 Å². The SMILES string of the molecule is CCC(S(C)=S)S(C)=S=S. The quantitative estimate of drug-likeness (QED) is 0.716. The van der Waals surface area contributed by atoms with E-state index < -0.39 is 0 Å². The first kappa shape index (κ1) is 11.4. The van der Waals surface area contributed by atoms with Crippen LogP contribution in [-0.2, 0) is 50.2 Å². The van der Waals surface area contributed by atoms with Gasteiger partial charge in [0.15, 0.2) is 0 Å². The third-order valence-corrected chi connectivity index (χ3v) is 9.98. The van der Waals surface area contributed by atoms with E-state index in [1.807, 2.05) is 0 Å². The fourth-order valence-electron chi connectivity index (χ4n) is 0.704. The summed E-state index contributed by atoms with van der Waals surface area (Å²) in [7, 11) is 1.96. The van der Waals surface area contributed by atoms with Crippen molar-refractivity contribution in [3.63, 3.8) is 0 Å². The molecule has 0 bridgehead atoms.